The van der Waals surface area contributed by atoms with Crippen molar-refractivity contribution < 1.29 is 56.6 Å². The molecule has 16 nitrogen and oxygen atoms in total. The van der Waals surface area contributed by atoms with Gasteiger partial charge in [0.25, 0.3) is 7.82 Å². The first-order valence-electron chi connectivity index (χ1n) is 12.6. The first kappa shape index (κ1) is 27.0. The van der Waals surface area contributed by atoms with Crippen molar-refractivity contribution in [3.05, 3.63) is 0 Å². The van der Waals surface area contributed by atoms with Gasteiger partial charge in [0.05, 0.1) is 48.3 Å². The Hall–Kier alpha value is -2.17. The van der Waals surface area contributed by atoms with Crippen LogP contribution in [-0.2, 0) is 42.1 Å². The van der Waals surface area contributed by atoms with Crippen LogP contribution in [0.15, 0.2) is 0 Å². The Kier molecular flexibility index (Phi) is 6.18. The quantitative estimate of drug-likeness (QED) is 0.377. The zero-order valence-electron chi connectivity index (χ0n) is 21.7. The fourth-order valence-electron chi connectivity index (χ4n) is 7.13. The fourth-order valence-corrected chi connectivity index (χ4v) is 8.08. The molecule has 6 rings (SSSR count). The van der Waals surface area contributed by atoms with Gasteiger partial charge in [-0.15, -0.1) is 0 Å². The average molecular weight is 573 g/mol. The fraction of sp³-hybridized carbons (Fsp3) is 0.818. The van der Waals surface area contributed by atoms with Gasteiger partial charge in [0.15, 0.2) is 0 Å². The molecule has 5 saturated heterocycles. The molecule has 6 amide bonds. The summed E-state index contributed by atoms with van der Waals surface area (Å²) in [7, 11) is -2.10. The number of amides is 6. The second-order valence-electron chi connectivity index (χ2n) is 11.0. The molecular weight excluding hydrogens is 543 g/mol. The summed E-state index contributed by atoms with van der Waals surface area (Å²) in [5.74, 6) is -1.33. The highest BCUT2D eigenvalue weighted by molar-refractivity contribution is 7.45. The van der Waals surface area contributed by atoms with Crippen LogP contribution >= 0.6 is 7.82 Å². The van der Waals surface area contributed by atoms with Gasteiger partial charge in [-0.3, -0.25) is 34.6 Å². The lowest BCUT2D eigenvalue weighted by Crippen LogP contribution is -2.92. The topological polar surface area (TPSA) is 194 Å². The zero-order valence-corrected chi connectivity index (χ0v) is 22.6. The second kappa shape index (κ2) is 8.91. The highest BCUT2D eigenvalue weighted by Gasteiger charge is 2.82. The number of hydrogen-bond donors (Lipinski definition) is 2. The molecule has 5 heterocycles. The number of urea groups is 2. The van der Waals surface area contributed by atoms with Gasteiger partial charge in [-0.25, -0.2) is 9.59 Å². The summed E-state index contributed by atoms with van der Waals surface area (Å²) in [5, 5.41) is 4.65. The first-order valence-corrected chi connectivity index (χ1v) is 14.1. The summed E-state index contributed by atoms with van der Waals surface area (Å²) in [6.45, 7) is 2.62. The maximum absolute atomic E-state index is 13.4. The Morgan fingerprint density at radius 2 is 1.51 bits per heavy atom. The number of fused-ring (bicyclic) bond motifs is 7. The number of rotatable bonds is 3. The highest BCUT2D eigenvalue weighted by Crippen LogP contribution is 2.64. The molecule has 39 heavy (non-hydrogen) atoms. The average Bonchev–Trinajstić information content (AvgIpc) is 3.45. The molecule has 216 valence electrons. The highest BCUT2D eigenvalue weighted by atomic mass is 31.2. The molecule has 0 spiro atoms. The third-order valence-corrected chi connectivity index (χ3v) is 10.3. The molecule has 2 N–H and O–H groups in total. The predicted octanol–water partition coefficient (Wildman–Crippen LogP) is -1.37. The van der Waals surface area contributed by atoms with Crippen LogP contribution in [0.3, 0.4) is 0 Å². The van der Waals surface area contributed by atoms with E-state index in [9.17, 15) is 28.6 Å². The number of carbonyl (C=O) groups is 4. The van der Waals surface area contributed by atoms with Crippen molar-refractivity contribution >= 4 is 31.7 Å². The summed E-state index contributed by atoms with van der Waals surface area (Å²) in [6.07, 6.45) is -5.63. The van der Waals surface area contributed by atoms with E-state index in [0.29, 0.717) is 0 Å². The molecule has 0 aromatic heterocycles. The Morgan fingerprint density at radius 1 is 0.949 bits per heavy atom. The van der Waals surface area contributed by atoms with Crippen LogP contribution in [0.5, 0.6) is 0 Å². The van der Waals surface area contributed by atoms with E-state index in [1.54, 1.807) is 13.8 Å². The van der Waals surface area contributed by atoms with Crippen molar-refractivity contribution in [2.24, 2.45) is 10.8 Å². The number of methoxy groups -OCH3 is 2. The lowest BCUT2D eigenvalue weighted by Gasteiger charge is -2.72. The molecule has 1 aliphatic carbocycles. The number of nitrogens with one attached hydrogen (secondary N) is 2. The molecule has 3 unspecified atom stereocenters. The van der Waals surface area contributed by atoms with E-state index in [1.165, 1.54) is 24.0 Å². The Morgan fingerprint density at radius 3 is 2.05 bits per heavy atom. The van der Waals surface area contributed by atoms with Crippen LogP contribution < -0.4 is 15.5 Å². The lowest BCUT2D eigenvalue weighted by molar-refractivity contribution is -0.244. The van der Waals surface area contributed by atoms with Crippen LogP contribution in [0.2, 0.25) is 0 Å². The van der Waals surface area contributed by atoms with E-state index >= 15 is 0 Å². The van der Waals surface area contributed by atoms with Gasteiger partial charge in [0.2, 0.25) is 11.8 Å². The van der Waals surface area contributed by atoms with Crippen molar-refractivity contribution in [3.63, 3.8) is 0 Å². The molecule has 6 aliphatic rings. The minimum atomic E-state index is -4.90. The molecule has 6 fully saturated rings. The monoisotopic (exact) mass is 573 g/mol. The summed E-state index contributed by atoms with van der Waals surface area (Å²) in [6, 6.07) is -3.55. The maximum Gasteiger partial charge on any atom is 0.326 e. The summed E-state index contributed by atoms with van der Waals surface area (Å²) < 4.78 is 46.1. The summed E-state index contributed by atoms with van der Waals surface area (Å²) in [4.78, 5) is 68.8. The van der Waals surface area contributed by atoms with Crippen molar-refractivity contribution in [1.29, 1.82) is 0 Å². The zero-order chi connectivity index (χ0) is 28.1. The largest absolute Gasteiger partial charge is 0.756 e. The van der Waals surface area contributed by atoms with E-state index in [2.05, 4.69) is 10.6 Å². The molecule has 5 aliphatic heterocycles. The van der Waals surface area contributed by atoms with Crippen molar-refractivity contribution in [2.45, 2.75) is 75.6 Å². The first-order chi connectivity index (χ1) is 18.4. The van der Waals surface area contributed by atoms with Gasteiger partial charge in [-0.1, -0.05) is 0 Å². The summed E-state index contributed by atoms with van der Waals surface area (Å²) in [5.41, 5.74) is -2.92. The van der Waals surface area contributed by atoms with E-state index in [1.807, 2.05) is 0 Å². The van der Waals surface area contributed by atoms with Crippen molar-refractivity contribution in [2.75, 3.05) is 27.4 Å². The third kappa shape index (κ3) is 3.59. The van der Waals surface area contributed by atoms with E-state index in [-0.39, 0.29) is 19.4 Å². The van der Waals surface area contributed by atoms with Gasteiger partial charge >= 0.3 is 12.1 Å². The Bertz CT molecular complexity index is 1170. The standard InChI is InChI=1S/C22H31N4O12P/c1-21-15-16-22(21,2)18(28)24-20(30)26(16)14-6-10(11(36-14)7-33-3)38-39(31,32)35-8-12-9(34-4)5-13(37-12)25(15)19(29)23-17(21)27/h9-16H,5-8H2,1-4H3,(H,31,32)(H,23,27,29)(H,24,28,30)/p-1/t9-,10-,11?,12?,13+,14+,15-,16-,21+,22+/m0/s1. The van der Waals surface area contributed by atoms with Gasteiger partial charge in [-0.05, 0) is 13.8 Å². The van der Waals surface area contributed by atoms with E-state index in [4.69, 9.17) is 28.0 Å². The molecule has 17 heteroatoms. The van der Waals surface area contributed by atoms with Gasteiger partial charge in [-0.2, -0.15) is 0 Å². The number of ether oxygens (including phenoxy) is 4. The molecule has 0 radical (unpaired) electrons. The Labute approximate surface area is 223 Å². The Balaban J connectivity index is 1.49. The lowest BCUT2D eigenvalue weighted by atomic mass is 9.42. The van der Waals surface area contributed by atoms with Gasteiger partial charge in [0.1, 0.15) is 24.7 Å². The van der Waals surface area contributed by atoms with Crippen molar-refractivity contribution in [3.8, 4) is 0 Å². The molecule has 0 aromatic rings. The molecular formula is C22H30N4O12P-. The van der Waals surface area contributed by atoms with E-state index in [0.717, 1.165) is 0 Å². The smallest absolute Gasteiger partial charge is 0.326 e. The molecule has 11 atom stereocenters. The van der Waals surface area contributed by atoms with Crippen LogP contribution in [0.25, 0.3) is 0 Å². The number of imide groups is 2. The number of phosphoric ester groups is 1. The molecule has 4 bridgehead atoms. The van der Waals surface area contributed by atoms with Crippen molar-refractivity contribution in [1.82, 2.24) is 20.4 Å². The molecule has 0 aromatic carbocycles. The van der Waals surface area contributed by atoms with E-state index < -0.39 is 98.1 Å². The summed E-state index contributed by atoms with van der Waals surface area (Å²) >= 11 is 0. The predicted molar refractivity (Wildman–Crippen MR) is 122 cm³/mol. The van der Waals surface area contributed by atoms with Crippen LogP contribution in [0.1, 0.15) is 26.7 Å². The number of phosphoric acid groups is 1. The number of carbonyl (C=O) groups excluding carboxylic acids is 4. The van der Waals surface area contributed by atoms with Gasteiger partial charge in [0, 0.05) is 27.1 Å². The maximum atomic E-state index is 13.4. The van der Waals surface area contributed by atoms with Gasteiger partial charge < -0.3 is 32.9 Å². The minimum Gasteiger partial charge on any atom is -0.756 e. The normalized spacial score (nSPS) is 49.2. The second-order valence-corrected chi connectivity index (χ2v) is 12.3. The number of hydrogen-bond acceptors (Lipinski definition) is 12. The minimum absolute atomic E-state index is 0.0643. The molecule has 1 saturated carbocycles. The van der Waals surface area contributed by atoms with Crippen LogP contribution in [0.4, 0.5) is 9.59 Å². The van der Waals surface area contributed by atoms with Crippen LogP contribution in [-0.4, -0.2) is 110 Å². The third-order valence-electron chi connectivity index (χ3n) is 9.29. The van der Waals surface area contributed by atoms with Crippen LogP contribution in [0, 0.1) is 10.8 Å². The SMILES string of the molecule is COCC1O[C@@H]2C[C@@H]1OP(=O)([O-])OCC1O[C@H](C[C@@H]1OC)N1C(=O)NC(=O)[C@@]3(C)[C@@H]1[C@@H]1N2C(=O)NC(=O)[C@@]13C. The number of nitrogens with zero attached hydrogens (tertiary/aromatic N) is 2.